The van der Waals surface area contributed by atoms with E-state index in [1.807, 2.05) is 62.4 Å². The van der Waals surface area contributed by atoms with Crippen LogP contribution in [0.15, 0.2) is 71.1 Å². The smallest absolute Gasteiger partial charge is 0.335 e. The van der Waals surface area contributed by atoms with Crippen molar-refractivity contribution < 1.29 is 23.4 Å². The molecule has 0 fully saturated rings. The number of aryl methyl sites for hydroxylation is 1. The van der Waals surface area contributed by atoms with Gasteiger partial charge >= 0.3 is 5.97 Å². The van der Waals surface area contributed by atoms with Gasteiger partial charge in [0.15, 0.2) is 6.10 Å². The molecule has 0 spiro atoms. The molecule has 4 rings (SSSR count). The molecule has 0 aliphatic carbocycles. The fourth-order valence-corrected chi connectivity index (χ4v) is 4.55. The Morgan fingerprint density at radius 1 is 0.971 bits per heavy atom. The first-order valence-corrected chi connectivity index (χ1v) is 12.5. The highest BCUT2D eigenvalue weighted by Gasteiger charge is 2.20. The minimum atomic E-state index is -0.609. The van der Waals surface area contributed by atoms with Crippen molar-refractivity contribution in [2.24, 2.45) is 0 Å². The number of carbonyl (C=O) groups is 1. The van der Waals surface area contributed by atoms with Crippen molar-refractivity contribution in [1.29, 1.82) is 0 Å². The third kappa shape index (κ3) is 6.38. The minimum Gasteiger partial charge on any atom is -0.487 e. The molecule has 1 atom stereocenters. The van der Waals surface area contributed by atoms with Gasteiger partial charge in [-0.05, 0) is 56.2 Å². The molecule has 2 heterocycles. The Morgan fingerprint density at radius 3 is 2.43 bits per heavy atom. The van der Waals surface area contributed by atoms with E-state index in [9.17, 15) is 4.79 Å². The van der Waals surface area contributed by atoms with Crippen LogP contribution in [0.25, 0.3) is 21.2 Å². The van der Waals surface area contributed by atoms with Crippen molar-refractivity contribution in [1.82, 2.24) is 4.98 Å². The molecule has 2 aromatic carbocycles. The molecular weight excluding hydrogens is 462 g/mol. The normalized spacial score (nSPS) is 11.9. The van der Waals surface area contributed by atoms with Crippen LogP contribution in [0, 0.1) is 6.92 Å². The Morgan fingerprint density at radius 2 is 1.71 bits per heavy atom. The van der Waals surface area contributed by atoms with Crippen LogP contribution >= 0.6 is 11.3 Å². The number of ether oxygens (including phenoxy) is 3. The number of rotatable bonds is 11. The summed E-state index contributed by atoms with van der Waals surface area (Å²) >= 11 is 1.65. The van der Waals surface area contributed by atoms with E-state index in [4.69, 9.17) is 18.6 Å². The summed E-state index contributed by atoms with van der Waals surface area (Å²) in [4.78, 5) is 18.9. The van der Waals surface area contributed by atoms with Crippen molar-refractivity contribution >= 4 is 17.3 Å². The van der Waals surface area contributed by atoms with E-state index in [1.165, 1.54) is 10.4 Å². The predicted octanol–water partition coefficient (Wildman–Crippen LogP) is 6.47. The molecule has 0 N–H and O–H groups in total. The van der Waals surface area contributed by atoms with Crippen LogP contribution in [0.1, 0.15) is 30.9 Å². The first kappa shape index (κ1) is 24.7. The van der Waals surface area contributed by atoms with Gasteiger partial charge < -0.3 is 18.6 Å². The Labute approximate surface area is 209 Å². The maximum Gasteiger partial charge on any atom is 0.335 e. The zero-order chi connectivity index (χ0) is 24.6. The van der Waals surface area contributed by atoms with Gasteiger partial charge in [-0.15, -0.1) is 11.3 Å². The number of esters is 1. The maximum absolute atomic E-state index is 12.1. The molecule has 0 saturated carbocycles. The second-order valence-electron chi connectivity index (χ2n) is 7.88. The van der Waals surface area contributed by atoms with Crippen LogP contribution in [-0.4, -0.2) is 30.3 Å². The predicted molar refractivity (Wildman–Crippen MR) is 137 cm³/mol. The van der Waals surface area contributed by atoms with Crippen molar-refractivity contribution in [3.05, 3.63) is 83.7 Å². The molecule has 35 heavy (non-hydrogen) atoms. The molecule has 182 valence electrons. The van der Waals surface area contributed by atoms with Gasteiger partial charge in [0.05, 0.1) is 11.5 Å². The average molecular weight is 492 g/mol. The number of nitrogens with zero attached hydrogens (tertiary/aromatic N) is 1. The van der Waals surface area contributed by atoms with Gasteiger partial charge in [-0.1, -0.05) is 42.5 Å². The average Bonchev–Trinajstić information content (AvgIpc) is 3.51. The molecule has 2 aromatic heterocycles. The standard InChI is InChI=1S/C28H29NO5S/c1-4-31-24(28(30)32-5-2)17-20-11-13-22(14-12-20)33-18-23-19(3)34-27(29-23)26-16-15-25(35-26)21-9-7-6-8-10-21/h6-16,24H,4-5,17-18H2,1-3H3/t24-/m1/s1. The molecule has 0 bridgehead atoms. The fourth-order valence-electron chi connectivity index (χ4n) is 3.61. The lowest BCUT2D eigenvalue weighted by Crippen LogP contribution is -2.28. The van der Waals surface area contributed by atoms with Gasteiger partial charge in [0.2, 0.25) is 5.89 Å². The van der Waals surface area contributed by atoms with Crippen molar-refractivity contribution in [2.45, 2.75) is 39.9 Å². The van der Waals surface area contributed by atoms with Crippen molar-refractivity contribution in [3.8, 4) is 27.0 Å². The highest BCUT2D eigenvalue weighted by atomic mass is 32.1. The summed E-state index contributed by atoms with van der Waals surface area (Å²) in [6, 6.07) is 22.0. The molecular formula is C28H29NO5S. The van der Waals surface area contributed by atoms with E-state index in [0.717, 1.165) is 21.9 Å². The van der Waals surface area contributed by atoms with E-state index >= 15 is 0 Å². The van der Waals surface area contributed by atoms with E-state index < -0.39 is 6.10 Å². The summed E-state index contributed by atoms with van der Waals surface area (Å²) in [5, 5.41) is 0. The summed E-state index contributed by atoms with van der Waals surface area (Å²) in [5.41, 5.74) is 2.90. The monoisotopic (exact) mass is 491 g/mol. The highest BCUT2D eigenvalue weighted by Crippen LogP contribution is 2.34. The van der Waals surface area contributed by atoms with Crippen LogP contribution in [0.4, 0.5) is 0 Å². The first-order valence-electron chi connectivity index (χ1n) is 11.7. The first-order chi connectivity index (χ1) is 17.1. The Bertz CT molecular complexity index is 1230. The van der Waals surface area contributed by atoms with Gasteiger partial charge in [0, 0.05) is 17.9 Å². The van der Waals surface area contributed by atoms with E-state index in [1.54, 1.807) is 18.3 Å². The summed E-state index contributed by atoms with van der Waals surface area (Å²) in [5.74, 6) is 1.71. The van der Waals surface area contributed by atoms with E-state index in [2.05, 4.69) is 23.2 Å². The molecule has 0 saturated heterocycles. The van der Waals surface area contributed by atoms with Crippen LogP contribution in [0.2, 0.25) is 0 Å². The highest BCUT2D eigenvalue weighted by molar-refractivity contribution is 7.18. The SMILES string of the molecule is CCOC(=O)[C@@H](Cc1ccc(OCc2nc(-c3ccc(-c4ccccc4)s3)oc2C)cc1)OCC. The van der Waals surface area contributed by atoms with E-state index in [0.29, 0.717) is 37.9 Å². The third-order valence-electron chi connectivity index (χ3n) is 5.41. The van der Waals surface area contributed by atoms with Crippen LogP contribution in [0.3, 0.4) is 0 Å². The second-order valence-corrected chi connectivity index (χ2v) is 8.97. The summed E-state index contributed by atoms with van der Waals surface area (Å²) < 4.78 is 22.5. The molecule has 0 unspecified atom stereocenters. The quantitative estimate of drug-likeness (QED) is 0.224. The van der Waals surface area contributed by atoms with Gasteiger partial charge in [0.1, 0.15) is 23.8 Å². The molecule has 4 aromatic rings. The zero-order valence-corrected chi connectivity index (χ0v) is 21.0. The van der Waals surface area contributed by atoms with Gasteiger partial charge in [-0.2, -0.15) is 0 Å². The van der Waals surface area contributed by atoms with Crippen molar-refractivity contribution in [2.75, 3.05) is 13.2 Å². The van der Waals surface area contributed by atoms with Crippen LogP contribution < -0.4 is 4.74 Å². The third-order valence-corrected chi connectivity index (χ3v) is 6.53. The Hall–Kier alpha value is -3.42. The Kier molecular flexibility index (Phi) is 8.34. The maximum atomic E-state index is 12.1. The van der Waals surface area contributed by atoms with Crippen LogP contribution in [-0.2, 0) is 27.3 Å². The summed E-state index contributed by atoms with van der Waals surface area (Å²) in [6.07, 6.45) is -0.160. The largest absolute Gasteiger partial charge is 0.487 e. The topological polar surface area (TPSA) is 70.8 Å². The lowest BCUT2D eigenvalue weighted by Gasteiger charge is -2.15. The number of carbonyl (C=O) groups excluding carboxylic acids is 1. The number of thiophene rings is 1. The molecule has 0 aliphatic heterocycles. The minimum absolute atomic E-state index is 0.302. The van der Waals surface area contributed by atoms with Crippen LogP contribution in [0.5, 0.6) is 5.75 Å². The molecule has 0 radical (unpaired) electrons. The van der Waals surface area contributed by atoms with Gasteiger partial charge in [-0.3, -0.25) is 0 Å². The van der Waals surface area contributed by atoms with Crippen molar-refractivity contribution in [3.63, 3.8) is 0 Å². The van der Waals surface area contributed by atoms with E-state index in [-0.39, 0.29) is 5.97 Å². The molecule has 0 aliphatic rings. The molecule has 0 amide bonds. The number of aromatic nitrogens is 1. The zero-order valence-electron chi connectivity index (χ0n) is 20.2. The lowest BCUT2D eigenvalue weighted by atomic mass is 10.1. The second kappa shape index (κ2) is 11.8. The Balaban J connectivity index is 1.37. The summed E-state index contributed by atoms with van der Waals surface area (Å²) in [6.45, 7) is 6.63. The summed E-state index contributed by atoms with van der Waals surface area (Å²) in [7, 11) is 0. The van der Waals surface area contributed by atoms with Gasteiger partial charge in [-0.25, -0.2) is 9.78 Å². The number of hydrogen-bond donors (Lipinski definition) is 0. The number of hydrogen-bond acceptors (Lipinski definition) is 7. The van der Waals surface area contributed by atoms with Gasteiger partial charge in [0.25, 0.3) is 0 Å². The lowest BCUT2D eigenvalue weighted by molar-refractivity contribution is -0.156. The molecule has 7 heteroatoms. The number of oxazole rings is 1. The number of benzene rings is 2. The molecule has 6 nitrogen and oxygen atoms in total. The fraction of sp³-hybridized carbons (Fsp3) is 0.286.